The zero-order chi connectivity index (χ0) is 14.7. The van der Waals surface area contributed by atoms with Crippen LogP contribution in [0, 0.1) is 0 Å². The molecular weight excluding hydrogens is 338 g/mol. The average Bonchev–Trinajstić information content (AvgIpc) is 3.00. The molecule has 0 unspecified atom stereocenters. The fourth-order valence-electron chi connectivity index (χ4n) is 2.12. The average molecular weight is 346 g/mol. The molecule has 1 aliphatic heterocycles. The maximum Gasteiger partial charge on any atom is 0.266 e. The number of carbonyl (C=O) groups is 1. The number of anilines is 1. The minimum atomic E-state index is -3.72. The van der Waals surface area contributed by atoms with Gasteiger partial charge in [0.2, 0.25) is 0 Å². The molecule has 106 valence electrons. The van der Waals surface area contributed by atoms with E-state index in [1.807, 2.05) is 0 Å². The predicted molar refractivity (Wildman–Crippen MR) is 79.3 cm³/mol. The van der Waals surface area contributed by atoms with Crippen molar-refractivity contribution in [1.82, 2.24) is 0 Å². The molecule has 0 atom stereocenters. The molecule has 3 heterocycles. The summed E-state index contributed by atoms with van der Waals surface area (Å²) in [6.45, 7) is 0. The second kappa shape index (κ2) is 4.48. The number of rotatable bonds is 2. The summed E-state index contributed by atoms with van der Waals surface area (Å²) in [4.78, 5) is 12.0. The van der Waals surface area contributed by atoms with Crippen molar-refractivity contribution in [2.75, 3.05) is 17.6 Å². The third-order valence-electron chi connectivity index (χ3n) is 3.03. The van der Waals surface area contributed by atoms with E-state index >= 15 is 0 Å². The van der Waals surface area contributed by atoms with E-state index in [4.69, 9.17) is 0 Å². The zero-order valence-corrected chi connectivity index (χ0v) is 13.6. The van der Waals surface area contributed by atoms with Crippen molar-refractivity contribution in [2.24, 2.45) is 0 Å². The number of carbonyl (C=O) groups excluding carboxylic acids is 1. The van der Waals surface area contributed by atoms with Gasteiger partial charge in [0.1, 0.15) is 4.90 Å². The van der Waals surface area contributed by atoms with Crippen molar-refractivity contribution < 1.29 is 18.3 Å². The normalized spacial score (nSPS) is 15.8. The number of fused-ring (bicyclic) bond motifs is 3. The van der Waals surface area contributed by atoms with Gasteiger partial charge in [0.05, 0.1) is 25.6 Å². The maximum atomic E-state index is 12.6. The molecule has 0 amide bonds. The standard InChI is InChI=1S/C11H9NO4S4/c1-12-5-3-4-18-7(5)6-8(10(13)14)19-11(17-2)9(6)20(12,15)16/h3-4H,1-2H3,(H,13,14)/p-1. The van der Waals surface area contributed by atoms with E-state index < -0.39 is 16.0 Å². The first-order valence-corrected chi connectivity index (χ1v) is 9.74. The number of nitrogens with zero attached hydrogens (tertiary/aromatic N) is 1. The molecule has 0 aromatic carbocycles. The van der Waals surface area contributed by atoms with Gasteiger partial charge in [-0.1, -0.05) is 0 Å². The minimum absolute atomic E-state index is 0.0234. The van der Waals surface area contributed by atoms with Gasteiger partial charge in [-0.15, -0.1) is 34.4 Å². The summed E-state index contributed by atoms with van der Waals surface area (Å²) in [5, 5.41) is 13.1. The smallest absolute Gasteiger partial charge is 0.266 e. The van der Waals surface area contributed by atoms with Crippen LogP contribution in [0.2, 0.25) is 0 Å². The van der Waals surface area contributed by atoms with Crippen LogP contribution in [0.25, 0.3) is 10.4 Å². The molecule has 3 rings (SSSR count). The highest BCUT2D eigenvalue weighted by Crippen LogP contribution is 2.53. The molecule has 0 saturated carbocycles. The Morgan fingerprint density at radius 1 is 1.45 bits per heavy atom. The highest BCUT2D eigenvalue weighted by atomic mass is 32.2. The lowest BCUT2D eigenvalue weighted by molar-refractivity contribution is -0.254. The number of sulfonamides is 1. The molecule has 0 saturated heterocycles. The van der Waals surface area contributed by atoms with Gasteiger partial charge in [0.25, 0.3) is 10.0 Å². The van der Waals surface area contributed by atoms with Crippen molar-refractivity contribution in [3.8, 4) is 10.4 Å². The lowest BCUT2D eigenvalue weighted by atomic mass is 10.2. The highest BCUT2D eigenvalue weighted by molar-refractivity contribution is 8.01. The van der Waals surface area contributed by atoms with E-state index in [0.717, 1.165) is 11.3 Å². The number of thiophene rings is 2. The number of carboxylic acids is 1. The van der Waals surface area contributed by atoms with Crippen LogP contribution in [0.4, 0.5) is 5.69 Å². The number of aromatic carboxylic acids is 1. The van der Waals surface area contributed by atoms with Crippen LogP contribution in [-0.2, 0) is 10.0 Å². The summed E-state index contributed by atoms with van der Waals surface area (Å²) in [7, 11) is -2.24. The summed E-state index contributed by atoms with van der Waals surface area (Å²) in [6.07, 6.45) is 1.73. The van der Waals surface area contributed by atoms with Gasteiger partial charge in [0.15, 0.2) is 0 Å². The van der Waals surface area contributed by atoms with Gasteiger partial charge in [-0.25, -0.2) is 8.42 Å². The SMILES string of the molecule is CSc1sc(C(=O)[O-])c2c1S(=O)(=O)N(C)c1ccsc1-2. The zero-order valence-electron chi connectivity index (χ0n) is 10.4. The van der Waals surface area contributed by atoms with Gasteiger partial charge in [-0.3, -0.25) is 4.31 Å². The van der Waals surface area contributed by atoms with Crippen molar-refractivity contribution in [3.05, 3.63) is 16.3 Å². The Hall–Kier alpha value is -1.03. The van der Waals surface area contributed by atoms with Crippen molar-refractivity contribution in [2.45, 2.75) is 9.10 Å². The molecule has 9 heteroatoms. The van der Waals surface area contributed by atoms with Gasteiger partial charge >= 0.3 is 0 Å². The largest absolute Gasteiger partial charge is 0.544 e. The van der Waals surface area contributed by atoms with Crippen molar-refractivity contribution >= 4 is 56.1 Å². The third kappa shape index (κ3) is 1.67. The topological polar surface area (TPSA) is 77.5 Å². The van der Waals surface area contributed by atoms with Gasteiger partial charge in [0, 0.05) is 12.6 Å². The van der Waals surface area contributed by atoms with Gasteiger partial charge in [-0.2, -0.15) is 0 Å². The second-order valence-corrected chi connectivity index (χ2v) is 8.94. The van der Waals surface area contributed by atoms with Crippen LogP contribution in [0.3, 0.4) is 0 Å². The fourth-order valence-corrected chi connectivity index (χ4v) is 7.36. The fraction of sp³-hybridized carbons (Fsp3) is 0.182. The number of hydrogen-bond donors (Lipinski definition) is 0. The van der Waals surface area contributed by atoms with Crippen molar-refractivity contribution in [3.63, 3.8) is 0 Å². The van der Waals surface area contributed by atoms with E-state index in [9.17, 15) is 18.3 Å². The van der Waals surface area contributed by atoms with Crippen LogP contribution in [0.1, 0.15) is 9.67 Å². The van der Waals surface area contributed by atoms with E-state index in [-0.39, 0.29) is 15.3 Å². The van der Waals surface area contributed by atoms with Crippen LogP contribution in [-0.4, -0.2) is 27.7 Å². The molecule has 5 nitrogen and oxygen atoms in total. The molecule has 20 heavy (non-hydrogen) atoms. The molecule has 2 aromatic rings. The van der Waals surface area contributed by atoms with Gasteiger partial charge < -0.3 is 9.90 Å². The van der Waals surface area contributed by atoms with Crippen LogP contribution < -0.4 is 9.41 Å². The molecule has 0 aliphatic carbocycles. The Morgan fingerprint density at radius 2 is 2.15 bits per heavy atom. The Balaban J connectivity index is 2.49. The number of carboxylic acid groups (broad SMARTS) is 1. The number of thioether (sulfide) groups is 1. The second-order valence-electron chi connectivity index (χ2n) is 4.02. The van der Waals surface area contributed by atoms with Crippen LogP contribution in [0.15, 0.2) is 20.6 Å². The Bertz CT molecular complexity index is 818. The van der Waals surface area contributed by atoms with E-state index in [1.54, 1.807) is 17.7 Å². The summed E-state index contributed by atoms with van der Waals surface area (Å²) in [6, 6.07) is 1.68. The van der Waals surface area contributed by atoms with E-state index in [0.29, 0.717) is 14.8 Å². The Morgan fingerprint density at radius 3 is 2.75 bits per heavy atom. The van der Waals surface area contributed by atoms with Crippen molar-refractivity contribution in [1.29, 1.82) is 0 Å². The Labute approximate surface area is 127 Å². The molecule has 0 fully saturated rings. The molecule has 0 spiro atoms. The highest BCUT2D eigenvalue weighted by Gasteiger charge is 2.39. The van der Waals surface area contributed by atoms with Crippen LogP contribution in [0.5, 0.6) is 0 Å². The molecule has 1 aliphatic rings. The summed E-state index contributed by atoms with van der Waals surface area (Å²) < 4.78 is 26.9. The van der Waals surface area contributed by atoms with E-state index in [1.165, 1.54) is 34.5 Å². The maximum absolute atomic E-state index is 12.6. The Kier molecular flexibility index (Phi) is 3.12. The predicted octanol–water partition coefficient (Wildman–Crippen LogP) is 1.70. The molecular formula is C11H8NO4S4-. The molecule has 2 aromatic heterocycles. The summed E-state index contributed by atoms with van der Waals surface area (Å²) in [5.41, 5.74) is 0.790. The first kappa shape index (κ1) is 13.9. The summed E-state index contributed by atoms with van der Waals surface area (Å²) in [5.74, 6) is -1.34. The quantitative estimate of drug-likeness (QED) is 0.774. The van der Waals surface area contributed by atoms with Crippen LogP contribution >= 0.6 is 34.4 Å². The van der Waals surface area contributed by atoms with Gasteiger partial charge in [-0.05, 0) is 17.7 Å². The first-order chi connectivity index (χ1) is 9.39. The molecule has 0 N–H and O–H groups in total. The molecule has 0 radical (unpaired) electrons. The minimum Gasteiger partial charge on any atom is -0.544 e. The first-order valence-electron chi connectivity index (χ1n) is 5.38. The third-order valence-corrected chi connectivity index (χ3v) is 8.35. The lowest BCUT2D eigenvalue weighted by Gasteiger charge is -2.25. The molecule has 0 bridgehead atoms. The van der Waals surface area contributed by atoms with E-state index in [2.05, 4.69) is 0 Å². The monoisotopic (exact) mass is 346 g/mol. The number of hydrogen-bond acceptors (Lipinski definition) is 7. The summed E-state index contributed by atoms with van der Waals surface area (Å²) >= 11 is 3.51. The lowest BCUT2D eigenvalue weighted by Crippen LogP contribution is -2.30.